The Morgan fingerprint density at radius 2 is 1.94 bits per heavy atom. The van der Waals surface area contributed by atoms with Gasteiger partial charge in [0.05, 0.1) is 0 Å². The first kappa shape index (κ1) is 14.4. The monoisotopic (exact) mass is 282 g/mol. The summed E-state index contributed by atoms with van der Waals surface area (Å²) in [6, 6.07) is 4.31. The van der Waals surface area contributed by atoms with E-state index in [9.17, 15) is 18.0 Å². The van der Waals surface area contributed by atoms with Gasteiger partial charge in [-0.3, -0.25) is 4.79 Å². The first-order valence-corrected chi connectivity index (χ1v) is 5.96. The number of alkyl halides is 4. The van der Waals surface area contributed by atoms with E-state index in [0.29, 0.717) is 11.1 Å². The minimum absolute atomic E-state index is 0.0411. The van der Waals surface area contributed by atoms with Gasteiger partial charge in [-0.1, -0.05) is 6.07 Å². The third kappa shape index (κ3) is 4.60. The zero-order valence-corrected chi connectivity index (χ0v) is 10.7. The van der Waals surface area contributed by atoms with Gasteiger partial charge in [-0.25, -0.2) is 0 Å². The molecule has 0 aliphatic heterocycles. The molecule has 1 aromatic carbocycles. The van der Waals surface area contributed by atoms with Crippen LogP contribution in [0.5, 0.6) is 0 Å². The third-order valence-corrected chi connectivity index (χ3v) is 3.22. The molecule has 1 atom stereocenters. The number of benzene rings is 1. The van der Waals surface area contributed by atoms with Gasteiger partial charge in [0.1, 0.15) is 5.38 Å². The molecule has 1 unspecified atom stereocenters. The Kier molecular flexibility index (Phi) is 4.49. The summed E-state index contributed by atoms with van der Waals surface area (Å²) in [6.45, 7) is 2.96. The fourth-order valence-corrected chi connectivity index (χ4v) is 2.18. The number of halogens is 4. The lowest BCUT2D eigenvalue weighted by Crippen LogP contribution is -2.03. The second-order valence-corrected chi connectivity index (χ2v) is 5.18. The number of ketones is 1. The van der Waals surface area contributed by atoms with Gasteiger partial charge < -0.3 is 0 Å². The van der Waals surface area contributed by atoms with Gasteiger partial charge >= 0.3 is 5.51 Å². The zero-order valence-electron chi connectivity index (χ0n) is 9.14. The van der Waals surface area contributed by atoms with Crippen molar-refractivity contribution in [3.05, 3.63) is 29.3 Å². The summed E-state index contributed by atoms with van der Waals surface area (Å²) in [5.74, 6) is -0.291. The molecule has 6 heteroatoms. The zero-order chi connectivity index (χ0) is 13.2. The van der Waals surface area contributed by atoms with Gasteiger partial charge in [0.15, 0.2) is 5.78 Å². The molecule has 0 bridgehead atoms. The maximum Gasteiger partial charge on any atom is 0.446 e. The lowest BCUT2D eigenvalue weighted by atomic mass is 10.1. The molecular formula is C11H10ClF3OS. The van der Waals surface area contributed by atoms with E-state index in [4.69, 9.17) is 11.6 Å². The fraction of sp³-hybridized carbons (Fsp3) is 0.364. The van der Waals surface area contributed by atoms with E-state index in [2.05, 4.69) is 0 Å². The summed E-state index contributed by atoms with van der Waals surface area (Å²) < 4.78 is 36.7. The third-order valence-electron chi connectivity index (χ3n) is 1.96. The molecule has 1 nitrogen and oxygen atoms in total. The van der Waals surface area contributed by atoms with Crippen LogP contribution in [0.25, 0.3) is 0 Å². The van der Waals surface area contributed by atoms with Crippen LogP contribution in [-0.4, -0.2) is 11.3 Å². The average molecular weight is 283 g/mol. The molecule has 0 saturated carbocycles. The Morgan fingerprint density at radius 1 is 1.35 bits per heavy atom. The minimum atomic E-state index is -4.34. The molecule has 0 aliphatic rings. The smallest absolute Gasteiger partial charge is 0.298 e. The molecule has 0 aliphatic carbocycles. The van der Waals surface area contributed by atoms with Crippen molar-refractivity contribution in [2.45, 2.75) is 29.6 Å². The number of thioether (sulfide) groups is 1. The number of Topliss-reactive ketones (excluding diaryl/α,β-unsaturated/α-hetero) is 1. The molecule has 0 saturated heterocycles. The van der Waals surface area contributed by atoms with E-state index in [-0.39, 0.29) is 22.4 Å². The Labute approximate surface area is 106 Å². The molecule has 1 rings (SSSR count). The Balaban J connectivity index is 3.06. The van der Waals surface area contributed by atoms with Crippen molar-refractivity contribution in [1.82, 2.24) is 0 Å². The van der Waals surface area contributed by atoms with Crippen LogP contribution in [0.15, 0.2) is 23.1 Å². The van der Waals surface area contributed by atoms with Crippen LogP contribution >= 0.6 is 23.4 Å². The van der Waals surface area contributed by atoms with E-state index in [1.807, 2.05) is 0 Å². The van der Waals surface area contributed by atoms with Crippen LogP contribution in [-0.2, 0) is 4.79 Å². The number of carbonyl (C=O) groups is 1. The number of aryl methyl sites for hydroxylation is 1. The average Bonchev–Trinajstić information content (AvgIpc) is 2.12. The standard InChI is InChI=1S/C11H10ClF3OS/c1-6-3-8(10(12)7(2)16)5-9(4-6)17-11(13,14)15/h3-5,10H,1-2H3. The van der Waals surface area contributed by atoms with Crippen molar-refractivity contribution in [3.63, 3.8) is 0 Å². The summed E-state index contributed by atoms with van der Waals surface area (Å²) in [5, 5.41) is -0.900. The molecule has 1 aromatic rings. The maximum absolute atomic E-state index is 12.2. The van der Waals surface area contributed by atoms with Crippen molar-refractivity contribution >= 4 is 29.1 Å². The van der Waals surface area contributed by atoms with Gasteiger partial charge in [-0.2, -0.15) is 13.2 Å². The number of hydrogen-bond acceptors (Lipinski definition) is 2. The predicted molar refractivity (Wildman–Crippen MR) is 62.4 cm³/mol. The fourth-order valence-electron chi connectivity index (χ4n) is 1.35. The lowest BCUT2D eigenvalue weighted by Gasteiger charge is -2.11. The summed E-state index contributed by atoms with van der Waals surface area (Å²) in [5.41, 5.74) is -3.31. The number of rotatable bonds is 3. The molecule has 0 radical (unpaired) electrons. The Hall–Kier alpha value is -0.680. The van der Waals surface area contributed by atoms with E-state index in [0.717, 1.165) is 0 Å². The highest BCUT2D eigenvalue weighted by molar-refractivity contribution is 8.00. The predicted octanol–water partition coefficient (Wildman–Crippen LogP) is 4.48. The highest BCUT2D eigenvalue weighted by Gasteiger charge is 2.29. The van der Waals surface area contributed by atoms with Crippen molar-refractivity contribution in [2.75, 3.05) is 0 Å². The molecule has 0 amide bonds. The second-order valence-electron chi connectivity index (χ2n) is 3.60. The van der Waals surface area contributed by atoms with Gasteiger partial charge in [0.2, 0.25) is 0 Å². The van der Waals surface area contributed by atoms with Crippen molar-refractivity contribution in [3.8, 4) is 0 Å². The molecule has 0 spiro atoms. The topological polar surface area (TPSA) is 17.1 Å². The van der Waals surface area contributed by atoms with E-state index >= 15 is 0 Å². The Morgan fingerprint density at radius 3 is 2.41 bits per heavy atom. The Bertz CT molecular complexity index is 431. The van der Waals surface area contributed by atoms with Crippen molar-refractivity contribution in [1.29, 1.82) is 0 Å². The SMILES string of the molecule is CC(=O)C(Cl)c1cc(C)cc(SC(F)(F)F)c1. The molecule has 17 heavy (non-hydrogen) atoms. The summed E-state index contributed by atoms with van der Waals surface area (Å²) in [7, 11) is 0. The number of hydrogen-bond donors (Lipinski definition) is 0. The molecule has 0 N–H and O–H groups in total. The van der Waals surface area contributed by atoms with E-state index < -0.39 is 10.9 Å². The maximum atomic E-state index is 12.2. The molecule has 94 valence electrons. The van der Waals surface area contributed by atoms with Crippen LogP contribution in [0.4, 0.5) is 13.2 Å². The van der Waals surface area contributed by atoms with Crippen LogP contribution in [0.2, 0.25) is 0 Å². The van der Waals surface area contributed by atoms with Crippen LogP contribution < -0.4 is 0 Å². The van der Waals surface area contributed by atoms with Gasteiger partial charge in [-0.05, 0) is 48.9 Å². The van der Waals surface area contributed by atoms with E-state index in [1.165, 1.54) is 19.1 Å². The second kappa shape index (κ2) is 5.31. The molecular weight excluding hydrogens is 273 g/mol. The first-order chi connectivity index (χ1) is 7.69. The van der Waals surface area contributed by atoms with Crippen molar-refractivity contribution in [2.24, 2.45) is 0 Å². The lowest BCUT2D eigenvalue weighted by molar-refractivity contribution is -0.116. The van der Waals surface area contributed by atoms with Crippen LogP contribution in [0, 0.1) is 6.92 Å². The van der Waals surface area contributed by atoms with Gasteiger partial charge in [0.25, 0.3) is 0 Å². The highest BCUT2D eigenvalue weighted by atomic mass is 35.5. The quantitative estimate of drug-likeness (QED) is 0.601. The van der Waals surface area contributed by atoms with Crippen LogP contribution in [0.1, 0.15) is 23.4 Å². The highest BCUT2D eigenvalue weighted by Crippen LogP contribution is 2.38. The minimum Gasteiger partial charge on any atom is -0.298 e. The van der Waals surface area contributed by atoms with Crippen molar-refractivity contribution < 1.29 is 18.0 Å². The van der Waals surface area contributed by atoms with E-state index in [1.54, 1.807) is 13.0 Å². The summed E-state index contributed by atoms with van der Waals surface area (Å²) in [4.78, 5) is 11.1. The summed E-state index contributed by atoms with van der Waals surface area (Å²) >= 11 is 5.60. The largest absolute Gasteiger partial charge is 0.446 e. The first-order valence-electron chi connectivity index (χ1n) is 4.71. The summed E-state index contributed by atoms with van der Waals surface area (Å²) in [6.07, 6.45) is 0. The van der Waals surface area contributed by atoms with Gasteiger partial charge in [-0.15, -0.1) is 11.6 Å². The number of carbonyl (C=O) groups excluding carboxylic acids is 1. The van der Waals surface area contributed by atoms with Gasteiger partial charge in [0, 0.05) is 4.90 Å². The van der Waals surface area contributed by atoms with Crippen LogP contribution in [0.3, 0.4) is 0 Å². The molecule has 0 aromatic heterocycles. The normalized spacial score (nSPS) is 13.5. The molecule has 0 fully saturated rings. The molecule has 0 heterocycles.